The molecule has 0 amide bonds. The summed E-state index contributed by atoms with van der Waals surface area (Å²) >= 11 is 0. The molecule has 0 spiro atoms. The number of halogens is 2. The van der Waals surface area contributed by atoms with Gasteiger partial charge in [0, 0.05) is 18.9 Å². The fourth-order valence-corrected chi connectivity index (χ4v) is 1.13. The Morgan fingerprint density at radius 1 is 1.50 bits per heavy atom. The summed E-state index contributed by atoms with van der Waals surface area (Å²) in [5, 5.41) is 8.91. The van der Waals surface area contributed by atoms with Gasteiger partial charge in [-0.15, -0.1) is 0 Å². The van der Waals surface area contributed by atoms with Gasteiger partial charge in [-0.1, -0.05) is 0 Å². The molecule has 0 bridgehead atoms. The lowest BCUT2D eigenvalue weighted by Crippen LogP contribution is -2.44. The fraction of sp³-hybridized carbons (Fsp3) is 1.00. The topological polar surface area (TPSA) is 46.2 Å². The molecule has 3 N–H and O–H groups in total. The Kier molecular flexibility index (Phi) is 1.92. The minimum atomic E-state index is -2.70. The molecule has 0 aliphatic heterocycles. The lowest BCUT2D eigenvalue weighted by molar-refractivity contribution is -0.0825. The second-order valence-corrected chi connectivity index (χ2v) is 2.83. The summed E-state index contributed by atoms with van der Waals surface area (Å²) in [5.41, 5.74) is 5.32. The van der Waals surface area contributed by atoms with Gasteiger partial charge >= 0.3 is 0 Å². The van der Waals surface area contributed by atoms with E-state index in [1.54, 1.807) is 0 Å². The second kappa shape index (κ2) is 2.43. The molecule has 10 heavy (non-hydrogen) atoms. The number of aliphatic hydroxyl groups is 1. The molecule has 60 valence electrons. The molecule has 0 aromatic heterocycles. The summed E-state index contributed by atoms with van der Waals surface area (Å²) in [5.74, 6) is -2.70. The monoisotopic (exact) mass is 151 g/mol. The van der Waals surface area contributed by atoms with Crippen molar-refractivity contribution in [2.45, 2.75) is 37.3 Å². The third-order valence-electron chi connectivity index (χ3n) is 1.85. The summed E-state index contributed by atoms with van der Waals surface area (Å²) in [6, 6.07) is -0.459. The zero-order valence-corrected chi connectivity index (χ0v) is 5.56. The first-order valence-electron chi connectivity index (χ1n) is 3.33. The molecule has 1 aliphatic carbocycles. The van der Waals surface area contributed by atoms with Crippen LogP contribution in [-0.2, 0) is 0 Å². The van der Waals surface area contributed by atoms with Crippen LogP contribution < -0.4 is 5.73 Å². The van der Waals surface area contributed by atoms with E-state index < -0.39 is 24.5 Å². The van der Waals surface area contributed by atoms with E-state index >= 15 is 0 Å². The Morgan fingerprint density at radius 3 is 2.50 bits per heavy atom. The van der Waals surface area contributed by atoms with Crippen LogP contribution in [-0.4, -0.2) is 23.2 Å². The zero-order chi connectivity index (χ0) is 7.78. The predicted molar refractivity (Wildman–Crippen MR) is 32.8 cm³/mol. The Labute approximate surface area is 58.0 Å². The average Bonchev–Trinajstić information content (AvgIpc) is 1.79. The van der Waals surface area contributed by atoms with Crippen LogP contribution in [0.2, 0.25) is 0 Å². The van der Waals surface area contributed by atoms with Crippen LogP contribution in [0.15, 0.2) is 0 Å². The molecule has 0 aromatic rings. The highest BCUT2D eigenvalue weighted by Gasteiger charge is 2.39. The van der Waals surface area contributed by atoms with Crippen LogP contribution in [0, 0.1) is 0 Å². The Morgan fingerprint density at radius 2 is 2.10 bits per heavy atom. The quantitative estimate of drug-likeness (QED) is 0.529. The molecule has 0 aromatic carbocycles. The lowest BCUT2D eigenvalue weighted by atomic mass is 9.90. The Balaban J connectivity index is 2.49. The van der Waals surface area contributed by atoms with Gasteiger partial charge in [-0.3, -0.25) is 0 Å². The molecule has 1 rings (SSSR count). The molecule has 2 nitrogen and oxygen atoms in total. The molecule has 0 saturated heterocycles. The van der Waals surface area contributed by atoms with Gasteiger partial charge in [0.25, 0.3) is 5.92 Å². The molecule has 2 unspecified atom stereocenters. The third kappa shape index (κ3) is 1.64. The zero-order valence-electron chi connectivity index (χ0n) is 5.56. The van der Waals surface area contributed by atoms with Crippen molar-refractivity contribution in [1.82, 2.24) is 0 Å². The lowest BCUT2D eigenvalue weighted by Gasteiger charge is -2.30. The normalized spacial score (nSPS) is 39.6. The summed E-state index contributed by atoms with van der Waals surface area (Å²) in [7, 11) is 0. The number of aliphatic hydroxyl groups excluding tert-OH is 1. The van der Waals surface area contributed by atoms with Crippen LogP contribution in [0.1, 0.15) is 19.3 Å². The Bertz CT molecular complexity index is 129. The molecular weight excluding hydrogens is 140 g/mol. The van der Waals surface area contributed by atoms with E-state index in [4.69, 9.17) is 10.8 Å². The van der Waals surface area contributed by atoms with Gasteiger partial charge in [0.2, 0.25) is 0 Å². The van der Waals surface area contributed by atoms with Crippen molar-refractivity contribution in [3.05, 3.63) is 0 Å². The standard InChI is InChI=1S/C6H11F2NO/c7-6(8)2-1-4(9)5(10)3-6/h4-5,10H,1-3,9H2. The van der Waals surface area contributed by atoms with Crippen LogP contribution >= 0.6 is 0 Å². The molecule has 1 fully saturated rings. The van der Waals surface area contributed by atoms with E-state index in [2.05, 4.69) is 0 Å². The Hall–Kier alpha value is -0.220. The molecule has 1 aliphatic rings. The SMILES string of the molecule is NC1CCC(F)(F)CC1O. The summed E-state index contributed by atoms with van der Waals surface area (Å²) < 4.78 is 24.8. The first-order chi connectivity index (χ1) is 4.51. The van der Waals surface area contributed by atoms with Gasteiger partial charge in [0.15, 0.2) is 0 Å². The molecule has 0 radical (unpaired) electrons. The summed E-state index contributed by atoms with van der Waals surface area (Å²) in [4.78, 5) is 0. The van der Waals surface area contributed by atoms with E-state index in [1.807, 2.05) is 0 Å². The highest BCUT2D eigenvalue weighted by atomic mass is 19.3. The smallest absolute Gasteiger partial charge is 0.250 e. The molecule has 0 heterocycles. The largest absolute Gasteiger partial charge is 0.391 e. The highest BCUT2D eigenvalue weighted by molar-refractivity contribution is 4.86. The van der Waals surface area contributed by atoms with Crippen LogP contribution in [0.3, 0.4) is 0 Å². The first-order valence-corrected chi connectivity index (χ1v) is 3.33. The van der Waals surface area contributed by atoms with E-state index in [1.165, 1.54) is 0 Å². The van der Waals surface area contributed by atoms with Gasteiger partial charge in [0.1, 0.15) is 0 Å². The third-order valence-corrected chi connectivity index (χ3v) is 1.85. The van der Waals surface area contributed by atoms with Crippen molar-refractivity contribution in [2.24, 2.45) is 5.73 Å². The van der Waals surface area contributed by atoms with Crippen molar-refractivity contribution in [2.75, 3.05) is 0 Å². The number of rotatable bonds is 0. The van der Waals surface area contributed by atoms with Gasteiger partial charge < -0.3 is 10.8 Å². The van der Waals surface area contributed by atoms with E-state index in [-0.39, 0.29) is 12.8 Å². The van der Waals surface area contributed by atoms with Gasteiger partial charge in [-0.25, -0.2) is 8.78 Å². The molecule has 2 atom stereocenters. The average molecular weight is 151 g/mol. The minimum absolute atomic E-state index is 0.189. The molecule has 4 heteroatoms. The maximum atomic E-state index is 12.4. The van der Waals surface area contributed by atoms with Crippen molar-refractivity contribution >= 4 is 0 Å². The maximum Gasteiger partial charge on any atom is 0.250 e. The summed E-state index contributed by atoms with van der Waals surface area (Å²) in [6.07, 6.45) is -1.48. The van der Waals surface area contributed by atoms with Gasteiger partial charge in [0.05, 0.1) is 6.10 Å². The van der Waals surface area contributed by atoms with Crippen LogP contribution in [0.25, 0.3) is 0 Å². The number of hydrogen-bond donors (Lipinski definition) is 2. The molecule has 1 saturated carbocycles. The number of alkyl halides is 2. The van der Waals surface area contributed by atoms with Crippen molar-refractivity contribution in [1.29, 1.82) is 0 Å². The number of hydrogen-bond acceptors (Lipinski definition) is 2. The van der Waals surface area contributed by atoms with E-state index in [0.29, 0.717) is 0 Å². The van der Waals surface area contributed by atoms with E-state index in [9.17, 15) is 8.78 Å². The van der Waals surface area contributed by atoms with Crippen LogP contribution in [0.4, 0.5) is 8.78 Å². The van der Waals surface area contributed by atoms with Crippen molar-refractivity contribution in [3.8, 4) is 0 Å². The van der Waals surface area contributed by atoms with E-state index in [0.717, 1.165) is 0 Å². The van der Waals surface area contributed by atoms with Crippen molar-refractivity contribution < 1.29 is 13.9 Å². The van der Waals surface area contributed by atoms with Gasteiger partial charge in [-0.2, -0.15) is 0 Å². The summed E-state index contributed by atoms with van der Waals surface area (Å²) in [6.45, 7) is 0. The number of nitrogens with two attached hydrogens (primary N) is 1. The fourth-order valence-electron chi connectivity index (χ4n) is 1.13. The van der Waals surface area contributed by atoms with Crippen LogP contribution in [0.5, 0.6) is 0 Å². The predicted octanol–water partition coefficient (Wildman–Crippen LogP) is 0.494. The molecular formula is C6H11F2NO. The highest BCUT2D eigenvalue weighted by Crippen LogP contribution is 2.32. The minimum Gasteiger partial charge on any atom is -0.391 e. The second-order valence-electron chi connectivity index (χ2n) is 2.83. The first kappa shape index (κ1) is 7.88. The van der Waals surface area contributed by atoms with Crippen molar-refractivity contribution in [3.63, 3.8) is 0 Å². The maximum absolute atomic E-state index is 12.4. The van der Waals surface area contributed by atoms with Gasteiger partial charge in [-0.05, 0) is 6.42 Å².